The van der Waals surface area contributed by atoms with Gasteiger partial charge >= 0.3 is 0 Å². The zero-order valence-corrected chi connectivity index (χ0v) is 38.2. The molecule has 0 saturated heterocycles. The fraction of sp³-hybridized carbons (Fsp3) is 0.0500. The van der Waals surface area contributed by atoms with E-state index in [1.165, 1.54) is 60.7 Å². The quantitative estimate of drug-likeness (QED) is 0.0218. The van der Waals surface area contributed by atoms with Gasteiger partial charge in [0.05, 0.1) is 55.3 Å². The van der Waals surface area contributed by atoms with E-state index in [0.717, 1.165) is 48.6 Å². The first-order chi connectivity index (χ1) is 31.7. The van der Waals surface area contributed by atoms with E-state index in [4.69, 9.17) is 22.9 Å². The van der Waals surface area contributed by atoms with Gasteiger partial charge in [-0.25, -0.2) is 0 Å². The molecule has 0 aliphatic heterocycles. The summed E-state index contributed by atoms with van der Waals surface area (Å²) in [7, 11) is -18.8. The van der Waals surface area contributed by atoms with E-state index < -0.39 is 50.3 Å². The summed E-state index contributed by atoms with van der Waals surface area (Å²) in [5, 5.41) is 32.5. The van der Waals surface area contributed by atoms with Gasteiger partial charge in [-0.1, -0.05) is 24.3 Å². The summed E-state index contributed by atoms with van der Waals surface area (Å²) in [6, 6.07) is 19.6. The van der Waals surface area contributed by atoms with Gasteiger partial charge in [0.15, 0.2) is 0 Å². The van der Waals surface area contributed by atoms with Gasteiger partial charge in [-0.15, -0.1) is 20.5 Å². The van der Waals surface area contributed by atoms with Crippen LogP contribution in [0.1, 0.15) is 22.3 Å². The van der Waals surface area contributed by atoms with Crippen LogP contribution >= 0.6 is 0 Å². The lowest BCUT2D eigenvalue weighted by molar-refractivity contribution is 0.480. The Balaban J connectivity index is 1.26. The molecule has 12 N–H and O–H groups in total. The van der Waals surface area contributed by atoms with Crippen LogP contribution in [0, 0.1) is 13.8 Å². The van der Waals surface area contributed by atoms with Crippen molar-refractivity contribution in [2.24, 2.45) is 40.9 Å². The highest BCUT2D eigenvalue weighted by Crippen LogP contribution is 2.43. The molecule has 0 unspecified atom stereocenters. The van der Waals surface area contributed by atoms with Crippen molar-refractivity contribution in [3.05, 3.63) is 119 Å². The summed E-state index contributed by atoms with van der Waals surface area (Å²) in [5.41, 5.74) is 25.9. The maximum Gasteiger partial charge on any atom is 0.295 e. The molecular formula is C40H36N12O12S4. The van der Waals surface area contributed by atoms with Crippen molar-refractivity contribution in [3.63, 3.8) is 0 Å². The van der Waals surface area contributed by atoms with E-state index in [1.54, 1.807) is 13.8 Å². The molecule has 0 aromatic heterocycles. The third kappa shape index (κ3) is 11.8. The maximum atomic E-state index is 12.6. The molecule has 0 saturated carbocycles. The third-order valence-corrected chi connectivity index (χ3v) is 13.0. The standard InChI is InChI=1S/C40H36N12O12S4/c1-21-17-31(37(43)39(35(21)41)51-45-25-9-13-29(14-10-25)65(53,54)55)49-47-27-7-5-23(33(19-27)67(59,60)61)3-4-24-6-8-28(20-34(24)68(62,63)64)48-50-32-18-22(2)36(42)40(38(32)44)52-46-26-11-15-30(16-12-26)66(56,57)58/h3-20H,41-44H2,1-2H3,(H,53,54,55)(H,56,57,58)(H,59,60,61)(H,62,63,64)/b4-3+,49-47?,50-48?,51-45?,52-46?. The number of anilines is 4. The molecule has 0 aliphatic rings. The summed E-state index contributed by atoms with van der Waals surface area (Å²) >= 11 is 0. The lowest BCUT2D eigenvalue weighted by Gasteiger charge is -2.10. The summed E-state index contributed by atoms with van der Waals surface area (Å²) in [6.07, 6.45) is 2.31. The van der Waals surface area contributed by atoms with Gasteiger partial charge in [0.25, 0.3) is 40.5 Å². The molecule has 0 radical (unpaired) electrons. The van der Waals surface area contributed by atoms with Crippen LogP contribution in [0.15, 0.2) is 158 Å². The molecule has 352 valence electrons. The maximum absolute atomic E-state index is 12.6. The number of hydrogen-bond acceptors (Lipinski definition) is 20. The van der Waals surface area contributed by atoms with Crippen molar-refractivity contribution in [2.45, 2.75) is 33.4 Å². The minimum Gasteiger partial charge on any atom is -0.397 e. The van der Waals surface area contributed by atoms with E-state index in [0.29, 0.717) is 11.1 Å². The second-order valence-corrected chi connectivity index (χ2v) is 19.9. The predicted molar refractivity (Wildman–Crippen MR) is 251 cm³/mol. The molecule has 0 heterocycles. The molecule has 0 bridgehead atoms. The van der Waals surface area contributed by atoms with Crippen molar-refractivity contribution in [1.82, 2.24) is 0 Å². The zero-order valence-electron chi connectivity index (χ0n) is 35.0. The molecule has 24 nitrogen and oxygen atoms in total. The molecule has 0 atom stereocenters. The van der Waals surface area contributed by atoms with Crippen molar-refractivity contribution >= 4 is 121 Å². The summed E-state index contributed by atoms with van der Waals surface area (Å²) in [4.78, 5) is -2.04. The Kier molecular flexibility index (Phi) is 14.1. The zero-order chi connectivity index (χ0) is 49.9. The van der Waals surface area contributed by atoms with Gasteiger partial charge in [-0.2, -0.15) is 54.1 Å². The van der Waals surface area contributed by atoms with Crippen LogP contribution in [0.3, 0.4) is 0 Å². The monoisotopic (exact) mass is 1000 g/mol. The Morgan fingerprint density at radius 3 is 1.00 bits per heavy atom. The van der Waals surface area contributed by atoms with Gasteiger partial charge in [-0.05, 0) is 121 Å². The number of rotatable bonds is 14. The van der Waals surface area contributed by atoms with E-state index in [1.807, 2.05) is 0 Å². The van der Waals surface area contributed by atoms with Crippen LogP contribution in [0.4, 0.5) is 68.2 Å². The second-order valence-electron chi connectivity index (χ2n) is 14.2. The first-order valence-corrected chi connectivity index (χ1v) is 24.6. The summed E-state index contributed by atoms with van der Waals surface area (Å²) in [5.74, 6) is 0. The van der Waals surface area contributed by atoms with E-state index in [-0.39, 0.29) is 89.2 Å². The number of nitrogens with two attached hydrogens (primary N) is 4. The van der Waals surface area contributed by atoms with Crippen molar-refractivity contribution in [2.75, 3.05) is 22.9 Å². The highest BCUT2D eigenvalue weighted by molar-refractivity contribution is 7.86. The normalized spacial score (nSPS) is 13.0. The summed E-state index contributed by atoms with van der Waals surface area (Å²) < 4.78 is 134. The molecule has 0 aliphatic carbocycles. The topological polar surface area (TPSA) is 420 Å². The molecule has 6 aromatic rings. The fourth-order valence-electron chi connectivity index (χ4n) is 5.89. The number of aryl methyl sites for hydroxylation is 2. The lowest BCUT2D eigenvalue weighted by Crippen LogP contribution is -2.01. The van der Waals surface area contributed by atoms with Crippen LogP contribution in [-0.4, -0.2) is 51.9 Å². The molecule has 68 heavy (non-hydrogen) atoms. The lowest BCUT2D eigenvalue weighted by atomic mass is 10.1. The predicted octanol–water partition coefficient (Wildman–Crippen LogP) is 9.45. The smallest absolute Gasteiger partial charge is 0.295 e. The van der Waals surface area contributed by atoms with Gasteiger partial charge in [0, 0.05) is 0 Å². The van der Waals surface area contributed by atoms with Gasteiger partial charge < -0.3 is 22.9 Å². The first kappa shape index (κ1) is 49.7. The van der Waals surface area contributed by atoms with E-state index >= 15 is 0 Å². The van der Waals surface area contributed by atoms with Crippen LogP contribution < -0.4 is 22.9 Å². The molecule has 0 fully saturated rings. The Morgan fingerprint density at radius 2 is 0.691 bits per heavy atom. The number of benzene rings is 6. The van der Waals surface area contributed by atoms with Gasteiger partial charge in [0.2, 0.25) is 0 Å². The molecule has 28 heteroatoms. The third-order valence-electron chi connectivity index (χ3n) is 9.47. The number of azo groups is 4. The average Bonchev–Trinajstić information content (AvgIpc) is 3.26. The van der Waals surface area contributed by atoms with Crippen molar-refractivity contribution < 1.29 is 51.9 Å². The fourth-order valence-corrected chi connectivity index (χ4v) is 8.26. The Bertz CT molecular complexity index is 3390. The van der Waals surface area contributed by atoms with E-state index in [9.17, 15) is 51.9 Å². The number of nitrogens with zero attached hydrogens (tertiary/aromatic N) is 8. The largest absolute Gasteiger partial charge is 0.397 e. The van der Waals surface area contributed by atoms with Gasteiger partial charge in [-0.3, -0.25) is 18.2 Å². The highest BCUT2D eigenvalue weighted by Gasteiger charge is 2.20. The molecule has 6 aromatic carbocycles. The van der Waals surface area contributed by atoms with Crippen molar-refractivity contribution in [1.29, 1.82) is 0 Å². The average molecular weight is 1010 g/mol. The Labute approximate surface area is 387 Å². The highest BCUT2D eigenvalue weighted by atomic mass is 32.2. The Hall–Kier alpha value is -7.70. The van der Waals surface area contributed by atoms with Gasteiger partial charge in [0.1, 0.15) is 32.5 Å². The second kappa shape index (κ2) is 19.3. The van der Waals surface area contributed by atoms with Crippen LogP contribution in [0.5, 0.6) is 0 Å². The summed E-state index contributed by atoms with van der Waals surface area (Å²) in [6.45, 7) is 3.23. The van der Waals surface area contributed by atoms with Crippen LogP contribution in [-0.2, 0) is 40.5 Å². The Morgan fingerprint density at radius 1 is 0.382 bits per heavy atom. The number of hydrogen-bond donors (Lipinski definition) is 8. The van der Waals surface area contributed by atoms with E-state index in [2.05, 4.69) is 40.9 Å². The SMILES string of the molecule is Cc1cc(N=Nc2ccc(/C=C/c3ccc(N=Nc4cc(C)c(N)c(N=Nc5ccc(S(=O)(=O)O)cc5)c4N)cc3S(=O)(=O)O)c(S(=O)(=O)O)c2)c(N)c(N=Nc2ccc(S(=O)(=O)O)cc2)c1N. The minimum absolute atomic E-state index is 0.0124. The van der Waals surface area contributed by atoms with Crippen LogP contribution in [0.25, 0.3) is 12.2 Å². The molecule has 6 rings (SSSR count). The molecule has 0 amide bonds. The molecular weight excluding hydrogens is 969 g/mol. The van der Waals surface area contributed by atoms with Crippen molar-refractivity contribution in [3.8, 4) is 0 Å². The molecule has 0 spiro atoms. The minimum atomic E-state index is -4.95. The first-order valence-electron chi connectivity index (χ1n) is 18.8. The van der Waals surface area contributed by atoms with Crippen LogP contribution in [0.2, 0.25) is 0 Å². The number of nitrogen functional groups attached to an aromatic ring is 4.